The molecule has 1 aromatic carbocycles. The molecule has 10 heteroatoms. The summed E-state index contributed by atoms with van der Waals surface area (Å²) in [6.45, 7) is 22.5. The molecule has 1 aliphatic rings. The first kappa shape index (κ1) is 38.7. The standard InChI is InChI=1S/C23H34N4O3.C15H21FO2/c1-6-16(4)21(28)25-22(29)23(5,7-2)19-15-17-18(30-19)9-10-20(24-17)27-13-11-26(8-3)12-14-27;1-5-10(3)9-12-7-8-13(18-6-2)15(16)14(12)11(4)17/h9-10,15-16H,6-8,11-14H2,1-5H3,(H,25,28,29);7-8,10H,5-6,9H2,1-4H3. The number of likely N-dealkylation sites (N-methyl/N-ethyl adjacent to an activating group) is 1. The van der Waals surface area contributed by atoms with Crippen molar-refractivity contribution in [2.45, 2.75) is 93.4 Å². The minimum Gasteiger partial charge on any atom is -0.491 e. The molecule has 4 rings (SSSR count). The monoisotopic (exact) mass is 666 g/mol. The molecular formula is C38H55FN4O5. The van der Waals surface area contributed by atoms with Crippen molar-refractivity contribution in [2.75, 3.05) is 44.2 Å². The Bertz CT molecular complexity index is 1550. The molecule has 2 aromatic heterocycles. The first-order valence-electron chi connectivity index (χ1n) is 17.5. The van der Waals surface area contributed by atoms with Crippen LogP contribution in [-0.2, 0) is 21.4 Å². The summed E-state index contributed by atoms with van der Waals surface area (Å²) in [6.07, 6.45) is 2.92. The number of benzene rings is 1. The van der Waals surface area contributed by atoms with Crippen LogP contribution < -0.4 is 15.0 Å². The lowest BCUT2D eigenvalue weighted by atomic mass is 9.83. The van der Waals surface area contributed by atoms with E-state index < -0.39 is 11.2 Å². The van der Waals surface area contributed by atoms with E-state index >= 15 is 0 Å². The van der Waals surface area contributed by atoms with Gasteiger partial charge in [-0.3, -0.25) is 19.7 Å². The first-order valence-corrected chi connectivity index (χ1v) is 17.5. The van der Waals surface area contributed by atoms with Gasteiger partial charge in [-0.1, -0.05) is 54.0 Å². The smallest absolute Gasteiger partial charge is 0.240 e. The fourth-order valence-corrected chi connectivity index (χ4v) is 5.59. The van der Waals surface area contributed by atoms with Gasteiger partial charge in [0.05, 0.1) is 12.2 Å². The summed E-state index contributed by atoms with van der Waals surface area (Å²) in [6, 6.07) is 9.16. The van der Waals surface area contributed by atoms with Crippen LogP contribution in [0.25, 0.3) is 11.1 Å². The number of nitrogens with one attached hydrogen (secondary N) is 1. The number of hydrogen-bond acceptors (Lipinski definition) is 8. The van der Waals surface area contributed by atoms with Gasteiger partial charge >= 0.3 is 0 Å². The van der Waals surface area contributed by atoms with Crippen molar-refractivity contribution >= 4 is 34.5 Å². The largest absolute Gasteiger partial charge is 0.491 e. The summed E-state index contributed by atoms with van der Waals surface area (Å²) in [5.74, 6) is 0.516. The molecule has 0 saturated carbocycles. The van der Waals surface area contributed by atoms with Gasteiger partial charge in [0.15, 0.2) is 22.9 Å². The van der Waals surface area contributed by atoms with Crippen molar-refractivity contribution in [3.63, 3.8) is 0 Å². The number of Topliss-reactive ketones (excluding diaryl/α,β-unsaturated/α-hetero) is 1. The first-order chi connectivity index (χ1) is 22.8. The molecule has 1 saturated heterocycles. The zero-order valence-corrected chi connectivity index (χ0v) is 30.4. The van der Waals surface area contributed by atoms with Gasteiger partial charge in [-0.25, -0.2) is 9.37 Å². The van der Waals surface area contributed by atoms with Gasteiger partial charge in [0.25, 0.3) is 0 Å². The van der Waals surface area contributed by atoms with Crippen LogP contribution in [0.2, 0.25) is 0 Å². The number of aromatic nitrogens is 1. The second kappa shape index (κ2) is 17.6. The fourth-order valence-electron chi connectivity index (χ4n) is 5.59. The van der Waals surface area contributed by atoms with Gasteiger partial charge in [0.2, 0.25) is 11.8 Å². The van der Waals surface area contributed by atoms with Gasteiger partial charge < -0.3 is 19.0 Å². The molecule has 3 aromatic rings. The number of nitrogens with zero attached hydrogens (tertiary/aromatic N) is 3. The van der Waals surface area contributed by atoms with Crippen LogP contribution in [0.5, 0.6) is 5.75 Å². The van der Waals surface area contributed by atoms with E-state index in [0.717, 1.165) is 62.5 Å². The number of imide groups is 1. The highest BCUT2D eigenvalue weighted by Crippen LogP contribution is 2.33. The van der Waals surface area contributed by atoms with Crippen molar-refractivity contribution in [2.24, 2.45) is 11.8 Å². The SMILES string of the molecule is CCC(C)C(=O)NC(=O)C(C)(CC)c1cc2nc(N3CCN(CC)CC3)ccc2o1.CCOc1ccc(CC(C)CC)c(C(C)=O)c1F. The molecule has 3 heterocycles. The predicted molar refractivity (Wildman–Crippen MR) is 189 cm³/mol. The van der Waals surface area contributed by atoms with E-state index in [-0.39, 0.29) is 34.8 Å². The third-order valence-electron chi connectivity index (χ3n) is 9.66. The summed E-state index contributed by atoms with van der Waals surface area (Å²) >= 11 is 0. The van der Waals surface area contributed by atoms with Gasteiger partial charge in [0, 0.05) is 38.2 Å². The van der Waals surface area contributed by atoms with Crippen LogP contribution in [0, 0.1) is 17.7 Å². The number of fused-ring (bicyclic) bond motifs is 1. The summed E-state index contributed by atoms with van der Waals surface area (Å²) in [5, 5.41) is 2.57. The lowest BCUT2D eigenvalue weighted by molar-refractivity contribution is -0.135. The van der Waals surface area contributed by atoms with Gasteiger partial charge in [0.1, 0.15) is 22.5 Å². The number of anilines is 1. The average Bonchev–Trinajstić information content (AvgIpc) is 3.53. The molecule has 48 heavy (non-hydrogen) atoms. The number of carbonyl (C=O) groups excluding carboxylic acids is 3. The summed E-state index contributed by atoms with van der Waals surface area (Å²) < 4.78 is 25.4. The molecule has 3 unspecified atom stereocenters. The van der Waals surface area contributed by atoms with E-state index in [1.165, 1.54) is 6.92 Å². The maximum Gasteiger partial charge on any atom is 0.240 e. The second-order valence-electron chi connectivity index (χ2n) is 13.0. The predicted octanol–water partition coefficient (Wildman–Crippen LogP) is 7.34. The second-order valence-corrected chi connectivity index (χ2v) is 13.0. The number of ether oxygens (including phenoxy) is 1. The van der Waals surface area contributed by atoms with Crippen molar-refractivity contribution in [1.29, 1.82) is 0 Å². The maximum absolute atomic E-state index is 14.2. The number of piperazine rings is 1. The number of carbonyl (C=O) groups is 3. The minimum atomic E-state index is -0.934. The number of ketones is 1. The quantitative estimate of drug-likeness (QED) is 0.189. The van der Waals surface area contributed by atoms with Crippen LogP contribution >= 0.6 is 0 Å². The van der Waals surface area contributed by atoms with E-state index in [0.29, 0.717) is 36.7 Å². The summed E-state index contributed by atoms with van der Waals surface area (Å²) in [7, 11) is 0. The molecular weight excluding hydrogens is 611 g/mol. The minimum absolute atomic E-state index is 0.163. The van der Waals surface area contributed by atoms with Crippen LogP contribution in [0.15, 0.2) is 34.7 Å². The Hall–Kier alpha value is -3.79. The zero-order valence-electron chi connectivity index (χ0n) is 30.4. The molecule has 1 fully saturated rings. The van der Waals surface area contributed by atoms with Gasteiger partial charge in [-0.05, 0) is 76.3 Å². The molecule has 1 N–H and O–H groups in total. The van der Waals surface area contributed by atoms with Crippen molar-refractivity contribution < 1.29 is 27.9 Å². The third kappa shape index (κ3) is 9.21. The van der Waals surface area contributed by atoms with Gasteiger partial charge in [-0.15, -0.1) is 0 Å². The van der Waals surface area contributed by atoms with E-state index in [1.807, 2.05) is 45.9 Å². The third-order valence-corrected chi connectivity index (χ3v) is 9.66. The molecule has 0 aliphatic carbocycles. The highest BCUT2D eigenvalue weighted by Gasteiger charge is 2.38. The highest BCUT2D eigenvalue weighted by atomic mass is 19.1. The number of hydrogen-bond donors (Lipinski definition) is 1. The molecule has 3 atom stereocenters. The van der Waals surface area contributed by atoms with E-state index in [2.05, 4.69) is 35.9 Å². The maximum atomic E-state index is 14.2. The molecule has 0 spiro atoms. The van der Waals surface area contributed by atoms with Crippen LogP contribution in [0.3, 0.4) is 0 Å². The number of amides is 2. The van der Waals surface area contributed by atoms with Crippen LogP contribution in [0.1, 0.15) is 103 Å². The van der Waals surface area contributed by atoms with E-state index in [9.17, 15) is 18.8 Å². The van der Waals surface area contributed by atoms with Gasteiger partial charge in [-0.2, -0.15) is 0 Å². The average molecular weight is 667 g/mol. The summed E-state index contributed by atoms with van der Waals surface area (Å²) in [5.41, 5.74) is 1.42. The Balaban J connectivity index is 0.000000297. The lowest BCUT2D eigenvalue weighted by Gasteiger charge is -2.34. The Morgan fingerprint density at radius 2 is 1.71 bits per heavy atom. The topological polar surface area (TPSA) is 105 Å². The number of rotatable bonds is 13. The number of pyridine rings is 1. The van der Waals surface area contributed by atoms with Crippen LogP contribution in [0.4, 0.5) is 10.2 Å². The van der Waals surface area contributed by atoms with Crippen LogP contribution in [-0.4, -0.2) is 66.8 Å². The molecule has 9 nitrogen and oxygen atoms in total. The number of halogens is 1. The Morgan fingerprint density at radius 1 is 1.02 bits per heavy atom. The Morgan fingerprint density at radius 3 is 2.27 bits per heavy atom. The van der Waals surface area contributed by atoms with E-state index in [1.54, 1.807) is 19.1 Å². The normalized spacial score (nSPS) is 16.0. The molecule has 0 bridgehead atoms. The van der Waals surface area contributed by atoms with Crippen molar-refractivity contribution in [1.82, 2.24) is 15.2 Å². The van der Waals surface area contributed by atoms with Crippen molar-refractivity contribution in [3.05, 3.63) is 53.0 Å². The Labute approximate surface area is 285 Å². The molecule has 2 amide bonds. The zero-order chi connectivity index (χ0) is 35.6. The lowest BCUT2D eigenvalue weighted by Crippen LogP contribution is -2.46. The molecule has 0 radical (unpaired) electrons. The highest BCUT2D eigenvalue weighted by molar-refractivity contribution is 6.01. The fraction of sp³-hybridized carbons (Fsp3) is 0.579. The molecule has 1 aliphatic heterocycles. The van der Waals surface area contributed by atoms with E-state index in [4.69, 9.17) is 14.1 Å². The molecule has 264 valence electrons. The summed E-state index contributed by atoms with van der Waals surface area (Å²) in [4.78, 5) is 46.3. The van der Waals surface area contributed by atoms with Crippen molar-refractivity contribution in [3.8, 4) is 5.75 Å². The number of furan rings is 1. The Kier molecular flexibility index (Phi) is 14.1.